The zero-order valence-electron chi connectivity index (χ0n) is 33.2. The van der Waals surface area contributed by atoms with E-state index in [1.165, 1.54) is 72.8 Å². The number of benzene rings is 5. The molecule has 0 saturated carbocycles. The van der Waals surface area contributed by atoms with Crippen LogP contribution >= 0.6 is 0 Å². The van der Waals surface area contributed by atoms with Crippen molar-refractivity contribution >= 4 is 45.8 Å². The van der Waals surface area contributed by atoms with Crippen LogP contribution in [0.15, 0.2) is 109 Å². The molecule has 16 nitrogen and oxygen atoms in total. The standard InChI is InChI=1S/C22H19NO7.C22H15NO7.C2H6/c2*23-9-16-17(25)6-5-14-19(13-4-2-11(24)8-18(13)30-20(14)16)15-7-10(21(26)27)1-3-12(15)22(28)29;1-2/h2,4-8,12,15,25H,1,3,9,23H2,(H,26,27)(H,28,29);1-8,25H,9,23H2,(H,26,27)(H,28,29);1-2H3/t12-,15+;;/m0../s1. The number of allylic oxidation sites excluding steroid dienone is 1. The summed E-state index contributed by atoms with van der Waals surface area (Å²) in [6.45, 7) is 3.88. The summed E-state index contributed by atoms with van der Waals surface area (Å²) in [6, 6.07) is 17.9. The van der Waals surface area contributed by atoms with Gasteiger partial charge in [-0.05, 0) is 90.7 Å². The van der Waals surface area contributed by atoms with Crippen molar-refractivity contribution < 1.29 is 58.7 Å². The predicted octanol–water partition coefficient (Wildman–Crippen LogP) is 6.80. The Kier molecular flexibility index (Phi) is 12.6. The number of aromatic carboxylic acids is 2. The van der Waals surface area contributed by atoms with Crippen molar-refractivity contribution in [2.75, 3.05) is 0 Å². The Morgan fingerprint density at radius 2 is 1.19 bits per heavy atom. The number of carbonyl (C=O) groups is 4. The smallest absolute Gasteiger partial charge is 0.336 e. The zero-order chi connectivity index (χ0) is 45.2. The van der Waals surface area contributed by atoms with E-state index in [4.69, 9.17) is 20.3 Å². The second-order valence-electron chi connectivity index (χ2n) is 14.0. The van der Waals surface area contributed by atoms with E-state index in [1.54, 1.807) is 12.1 Å². The maximum absolute atomic E-state index is 12.0. The maximum Gasteiger partial charge on any atom is 0.336 e. The lowest BCUT2D eigenvalue weighted by atomic mass is 9.74. The Labute approximate surface area is 350 Å². The number of nitrogens with two attached hydrogens (primary N) is 2. The molecule has 0 unspecified atom stereocenters. The van der Waals surface area contributed by atoms with E-state index in [-0.39, 0.29) is 98.8 Å². The van der Waals surface area contributed by atoms with Crippen molar-refractivity contribution in [3.05, 3.63) is 139 Å². The normalized spacial score (nSPS) is 14.7. The summed E-state index contributed by atoms with van der Waals surface area (Å²) >= 11 is 0. The van der Waals surface area contributed by atoms with Gasteiger partial charge >= 0.3 is 23.9 Å². The molecule has 3 aromatic rings. The molecule has 8 rings (SSSR count). The van der Waals surface area contributed by atoms with Gasteiger partial charge in [-0.3, -0.25) is 14.4 Å². The summed E-state index contributed by atoms with van der Waals surface area (Å²) in [4.78, 5) is 70.9. The van der Waals surface area contributed by atoms with E-state index in [0.29, 0.717) is 38.6 Å². The van der Waals surface area contributed by atoms with Gasteiger partial charge in [0, 0.05) is 64.2 Å². The average molecular weight is 845 g/mol. The van der Waals surface area contributed by atoms with Gasteiger partial charge in [-0.25, -0.2) is 14.4 Å². The average Bonchev–Trinajstić information content (AvgIpc) is 3.25. The van der Waals surface area contributed by atoms with Crippen molar-refractivity contribution in [1.82, 2.24) is 0 Å². The van der Waals surface area contributed by atoms with Crippen LogP contribution in [0.5, 0.6) is 11.5 Å². The SMILES string of the molecule is CC.NCc1c(O)ccc2c(-c3cc(C(=O)O)ccc3C(=O)O)c3ccc(=O)cc-3oc12.NCc1c(O)ccc2c([C@@H]3C=C(C(=O)O)CC[C@@H]3C(=O)O)c3ccc(=O)cc-3oc12. The number of hydrogen-bond donors (Lipinski definition) is 8. The third-order valence-electron chi connectivity index (χ3n) is 10.6. The van der Waals surface area contributed by atoms with Gasteiger partial charge in [0.2, 0.25) is 0 Å². The Hall–Kier alpha value is -7.82. The highest BCUT2D eigenvalue weighted by molar-refractivity contribution is 6.09. The number of phenols is 2. The Morgan fingerprint density at radius 3 is 1.73 bits per heavy atom. The first-order chi connectivity index (χ1) is 29.6. The number of aromatic hydroxyl groups is 2. The van der Waals surface area contributed by atoms with Crippen LogP contribution in [0.25, 0.3) is 55.7 Å². The first-order valence-electron chi connectivity index (χ1n) is 19.2. The van der Waals surface area contributed by atoms with Gasteiger partial charge in [0.1, 0.15) is 34.2 Å². The summed E-state index contributed by atoms with van der Waals surface area (Å²) in [5.74, 6) is -6.06. The van der Waals surface area contributed by atoms with E-state index in [1.807, 2.05) is 13.8 Å². The molecule has 318 valence electrons. The minimum atomic E-state index is -1.25. The van der Waals surface area contributed by atoms with E-state index in [0.717, 1.165) is 0 Å². The van der Waals surface area contributed by atoms with Gasteiger partial charge in [-0.2, -0.15) is 0 Å². The van der Waals surface area contributed by atoms with Crippen molar-refractivity contribution in [3.63, 3.8) is 0 Å². The van der Waals surface area contributed by atoms with Crippen LogP contribution in [0, 0.1) is 5.92 Å². The van der Waals surface area contributed by atoms with Gasteiger partial charge in [0.25, 0.3) is 0 Å². The summed E-state index contributed by atoms with van der Waals surface area (Å²) in [5.41, 5.74) is 13.8. The minimum Gasteiger partial charge on any atom is -0.507 e. The molecule has 0 amide bonds. The number of aliphatic carboxylic acids is 2. The van der Waals surface area contributed by atoms with Crippen molar-refractivity contribution in [3.8, 4) is 45.3 Å². The molecular weight excluding hydrogens is 805 g/mol. The summed E-state index contributed by atoms with van der Waals surface area (Å²) in [5, 5.41) is 59.7. The molecule has 10 N–H and O–H groups in total. The molecule has 3 aliphatic carbocycles. The van der Waals surface area contributed by atoms with Crippen molar-refractivity contribution in [1.29, 1.82) is 0 Å². The third kappa shape index (κ3) is 8.07. The molecule has 0 fully saturated rings. The Morgan fingerprint density at radius 1 is 0.645 bits per heavy atom. The zero-order valence-corrected chi connectivity index (χ0v) is 33.2. The molecule has 2 aliphatic heterocycles. The summed E-state index contributed by atoms with van der Waals surface area (Å²) in [6.07, 6.45) is 1.78. The van der Waals surface area contributed by atoms with Gasteiger partial charge in [-0.15, -0.1) is 0 Å². The van der Waals surface area contributed by atoms with Crippen LogP contribution in [-0.2, 0) is 22.7 Å². The second kappa shape index (κ2) is 17.8. The van der Waals surface area contributed by atoms with Gasteiger partial charge in [-0.1, -0.05) is 19.9 Å². The lowest BCUT2D eigenvalue weighted by molar-refractivity contribution is -0.143. The van der Waals surface area contributed by atoms with Gasteiger partial charge < -0.3 is 50.9 Å². The third-order valence-corrected chi connectivity index (χ3v) is 10.6. The number of rotatable bonds is 8. The molecule has 3 aromatic carbocycles. The monoisotopic (exact) mass is 844 g/mol. The van der Waals surface area contributed by atoms with E-state index < -0.39 is 35.7 Å². The highest BCUT2D eigenvalue weighted by Crippen LogP contribution is 2.47. The van der Waals surface area contributed by atoms with Crippen LogP contribution in [0.1, 0.15) is 70.0 Å². The summed E-state index contributed by atoms with van der Waals surface area (Å²) < 4.78 is 11.8. The van der Waals surface area contributed by atoms with Gasteiger partial charge in [0.05, 0.1) is 28.2 Å². The highest BCUT2D eigenvalue weighted by atomic mass is 16.4. The molecule has 0 bridgehead atoms. The van der Waals surface area contributed by atoms with E-state index in [2.05, 4.69) is 0 Å². The van der Waals surface area contributed by atoms with Crippen LogP contribution in [0.4, 0.5) is 0 Å². The Balaban J connectivity index is 0.000000199. The number of fused-ring (bicyclic) bond motifs is 4. The fourth-order valence-corrected chi connectivity index (χ4v) is 7.75. The fourth-order valence-electron chi connectivity index (χ4n) is 7.75. The van der Waals surface area contributed by atoms with Crippen LogP contribution in [0.2, 0.25) is 0 Å². The van der Waals surface area contributed by atoms with Crippen LogP contribution < -0.4 is 22.3 Å². The molecule has 0 spiro atoms. The molecule has 62 heavy (non-hydrogen) atoms. The molecule has 2 heterocycles. The lowest BCUT2D eigenvalue weighted by Crippen LogP contribution is -2.26. The second-order valence-corrected chi connectivity index (χ2v) is 14.0. The summed E-state index contributed by atoms with van der Waals surface area (Å²) in [7, 11) is 0. The number of carboxylic acids is 4. The molecular formula is C46H40N2O14. The van der Waals surface area contributed by atoms with Crippen LogP contribution in [-0.4, -0.2) is 54.5 Å². The molecule has 0 aromatic heterocycles. The Bertz CT molecular complexity index is 3020. The topological polar surface area (TPSA) is 302 Å². The molecule has 0 radical (unpaired) electrons. The van der Waals surface area contributed by atoms with Gasteiger partial charge in [0.15, 0.2) is 10.9 Å². The molecule has 5 aliphatic rings. The number of phenolic OH excluding ortho intramolecular Hbond substituents is 2. The highest BCUT2D eigenvalue weighted by Gasteiger charge is 2.37. The first-order valence-corrected chi connectivity index (χ1v) is 19.2. The quantitative estimate of drug-likeness (QED) is 0.0729. The molecule has 2 atom stereocenters. The lowest BCUT2D eigenvalue weighted by Gasteiger charge is -2.29. The molecule has 16 heteroatoms. The largest absolute Gasteiger partial charge is 0.507 e. The first kappa shape index (κ1) is 43.8. The number of carboxylic acid groups (broad SMARTS) is 4. The van der Waals surface area contributed by atoms with E-state index >= 15 is 0 Å². The molecule has 0 saturated heterocycles. The van der Waals surface area contributed by atoms with Crippen molar-refractivity contribution in [2.24, 2.45) is 17.4 Å². The fraction of sp³-hybridized carbons (Fsp3) is 0.174. The van der Waals surface area contributed by atoms with E-state index in [9.17, 15) is 59.4 Å². The maximum atomic E-state index is 12.0. The van der Waals surface area contributed by atoms with Crippen molar-refractivity contribution in [2.45, 2.75) is 45.7 Å². The van der Waals surface area contributed by atoms with Crippen LogP contribution in [0.3, 0.4) is 0 Å². The number of hydrogen-bond acceptors (Lipinski definition) is 12. The predicted molar refractivity (Wildman–Crippen MR) is 227 cm³/mol. The minimum absolute atomic E-state index is 0.0437.